The Balaban J connectivity index is 1.39. The molecule has 5 rings (SSSR count). The average molecular weight is 552 g/mol. The molecule has 0 radical (unpaired) electrons. The largest absolute Gasteiger partial charge is 0.443 e. The molecule has 1 fully saturated rings. The third-order valence-electron chi connectivity index (χ3n) is 7.05. The SMILES string of the molecule is CN1CCN(c2ncc(C(=O)NC(Cc3cn(C(=O)OC(C)(C)C)c4ccccc34)C3=CCOCC3)s2)CC1. The third-order valence-corrected chi connectivity index (χ3v) is 8.11. The Morgan fingerprint density at radius 1 is 1.18 bits per heavy atom. The quantitative estimate of drug-likeness (QED) is 0.457. The van der Waals surface area contributed by atoms with Gasteiger partial charge >= 0.3 is 6.09 Å². The number of thiazole rings is 1. The summed E-state index contributed by atoms with van der Waals surface area (Å²) in [4.78, 5) is 36.2. The summed E-state index contributed by atoms with van der Waals surface area (Å²) in [6, 6.07) is 7.56. The van der Waals surface area contributed by atoms with E-state index >= 15 is 0 Å². The first-order chi connectivity index (χ1) is 18.7. The number of aromatic nitrogens is 2. The minimum absolute atomic E-state index is 0.138. The van der Waals surface area contributed by atoms with Crippen LogP contribution in [-0.2, 0) is 15.9 Å². The number of fused-ring (bicyclic) bond motifs is 1. The van der Waals surface area contributed by atoms with Crippen LogP contribution in [0, 0.1) is 0 Å². The summed E-state index contributed by atoms with van der Waals surface area (Å²) in [5.41, 5.74) is 2.28. The van der Waals surface area contributed by atoms with E-state index in [0.29, 0.717) is 24.5 Å². The summed E-state index contributed by atoms with van der Waals surface area (Å²) in [6.45, 7) is 10.5. The van der Waals surface area contributed by atoms with Crippen molar-refractivity contribution >= 4 is 39.4 Å². The lowest BCUT2D eigenvalue weighted by molar-refractivity contribution is 0.0544. The van der Waals surface area contributed by atoms with Gasteiger partial charge in [-0.1, -0.05) is 35.6 Å². The molecule has 2 aromatic heterocycles. The second-order valence-corrected chi connectivity index (χ2v) is 12.2. The molecule has 0 bridgehead atoms. The maximum absolute atomic E-state index is 13.5. The zero-order chi connectivity index (χ0) is 27.6. The van der Waals surface area contributed by atoms with Gasteiger partial charge in [-0.2, -0.15) is 0 Å². The van der Waals surface area contributed by atoms with Gasteiger partial charge < -0.3 is 24.6 Å². The van der Waals surface area contributed by atoms with Crippen LogP contribution in [0.1, 0.15) is 42.4 Å². The highest BCUT2D eigenvalue weighted by Gasteiger charge is 2.26. The molecule has 0 aliphatic carbocycles. The predicted octanol–water partition coefficient (Wildman–Crippen LogP) is 4.32. The Labute approximate surface area is 233 Å². The number of rotatable bonds is 6. The van der Waals surface area contributed by atoms with E-state index in [2.05, 4.69) is 33.2 Å². The van der Waals surface area contributed by atoms with E-state index in [-0.39, 0.29) is 11.9 Å². The number of nitrogens with one attached hydrogen (secondary N) is 1. The second-order valence-electron chi connectivity index (χ2n) is 11.2. The van der Waals surface area contributed by atoms with Crippen LogP contribution >= 0.6 is 11.3 Å². The van der Waals surface area contributed by atoms with Gasteiger partial charge in [0, 0.05) is 37.8 Å². The molecule has 1 saturated heterocycles. The molecule has 0 saturated carbocycles. The smallest absolute Gasteiger partial charge is 0.419 e. The highest BCUT2D eigenvalue weighted by Crippen LogP contribution is 2.28. The fourth-order valence-electron chi connectivity index (χ4n) is 4.97. The molecule has 3 aromatic rings. The summed E-state index contributed by atoms with van der Waals surface area (Å²) in [5, 5.41) is 5.12. The molecule has 1 unspecified atom stereocenters. The number of hydrogen-bond acceptors (Lipinski definition) is 8. The fraction of sp³-hybridized carbons (Fsp3) is 0.483. The van der Waals surface area contributed by atoms with Crippen LogP contribution in [0.25, 0.3) is 10.9 Å². The van der Waals surface area contributed by atoms with E-state index in [1.54, 1.807) is 10.8 Å². The molecule has 1 amide bonds. The molecule has 4 heterocycles. The molecule has 0 spiro atoms. The second kappa shape index (κ2) is 11.5. The Hall–Kier alpha value is -3.21. The lowest BCUT2D eigenvalue weighted by atomic mass is 9.95. The van der Waals surface area contributed by atoms with Gasteiger partial charge in [0.25, 0.3) is 5.91 Å². The number of likely N-dealkylation sites (N-methyl/N-ethyl adjacent to an activating group) is 1. The highest BCUT2D eigenvalue weighted by molar-refractivity contribution is 7.17. The van der Waals surface area contributed by atoms with Gasteiger partial charge in [0.15, 0.2) is 5.13 Å². The molecule has 1 N–H and O–H groups in total. The average Bonchev–Trinajstić information content (AvgIpc) is 3.54. The van der Waals surface area contributed by atoms with Gasteiger partial charge in [-0.05, 0) is 57.9 Å². The van der Waals surface area contributed by atoms with Gasteiger partial charge in [-0.3, -0.25) is 9.36 Å². The van der Waals surface area contributed by atoms with E-state index in [0.717, 1.165) is 59.8 Å². The number of piperazine rings is 1. The van der Waals surface area contributed by atoms with Crippen LogP contribution in [0.5, 0.6) is 0 Å². The third kappa shape index (κ3) is 6.51. The Bertz CT molecular complexity index is 1360. The lowest BCUT2D eigenvalue weighted by Crippen LogP contribution is -2.44. The first-order valence-corrected chi connectivity index (χ1v) is 14.3. The Morgan fingerprint density at radius 3 is 2.67 bits per heavy atom. The van der Waals surface area contributed by atoms with Crippen molar-refractivity contribution in [2.45, 2.75) is 45.3 Å². The van der Waals surface area contributed by atoms with Crippen LogP contribution < -0.4 is 10.2 Å². The van der Waals surface area contributed by atoms with Crippen molar-refractivity contribution in [3.63, 3.8) is 0 Å². The number of amides is 1. The van der Waals surface area contributed by atoms with Crippen molar-refractivity contribution in [1.82, 2.24) is 19.8 Å². The van der Waals surface area contributed by atoms with Gasteiger partial charge in [-0.25, -0.2) is 9.78 Å². The molecule has 2 aliphatic heterocycles. The summed E-state index contributed by atoms with van der Waals surface area (Å²) in [7, 11) is 2.12. The number of hydrogen-bond donors (Lipinski definition) is 1. The molecular weight excluding hydrogens is 514 g/mol. The van der Waals surface area contributed by atoms with Crippen LogP contribution in [-0.4, -0.2) is 84.5 Å². The minimum atomic E-state index is -0.607. The summed E-state index contributed by atoms with van der Waals surface area (Å²) in [5.74, 6) is -0.138. The predicted molar refractivity (Wildman–Crippen MR) is 154 cm³/mol. The minimum Gasteiger partial charge on any atom is -0.443 e. The van der Waals surface area contributed by atoms with E-state index in [1.807, 2.05) is 51.2 Å². The van der Waals surface area contributed by atoms with Crippen molar-refractivity contribution in [2.75, 3.05) is 51.3 Å². The van der Waals surface area contributed by atoms with Crippen molar-refractivity contribution in [3.05, 3.63) is 58.7 Å². The van der Waals surface area contributed by atoms with Crippen LogP contribution in [0.3, 0.4) is 0 Å². The highest BCUT2D eigenvalue weighted by atomic mass is 32.1. The van der Waals surface area contributed by atoms with Crippen LogP contribution in [0.2, 0.25) is 0 Å². The number of nitrogens with zero attached hydrogens (tertiary/aromatic N) is 4. The summed E-state index contributed by atoms with van der Waals surface area (Å²) in [6.07, 6.45) is 6.44. The molecule has 2 aliphatic rings. The summed E-state index contributed by atoms with van der Waals surface area (Å²) < 4.78 is 12.8. The molecule has 1 aromatic carbocycles. The van der Waals surface area contributed by atoms with Crippen molar-refractivity contribution in [2.24, 2.45) is 0 Å². The number of carbonyl (C=O) groups is 2. The molecule has 39 heavy (non-hydrogen) atoms. The Morgan fingerprint density at radius 2 is 1.95 bits per heavy atom. The van der Waals surface area contributed by atoms with Gasteiger partial charge in [-0.15, -0.1) is 0 Å². The lowest BCUT2D eigenvalue weighted by Gasteiger charge is -2.32. The number of ether oxygens (including phenoxy) is 2. The summed E-state index contributed by atoms with van der Waals surface area (Å²) >= 11 is 1.43. The molecule has 208 valence electrons. The van der Waals surface area contributed by atoms with Crippen LogP contribution in [0.15, 0.2) is 48.3 Å². The molecular formula is C29H37N5O4S. The molecule has 10 heteroatoms. The van der Waals surface area contributed by atoms with E-state index in [9.17, 15) is 9.59 Å². The van der Waals surface area contributed by atoms with E-state index in [4.69, 9.17) is 9.47 Å². The van der Waals surface area contributed by atoms with Gasteiger partial charge in [0.05, 0.1) is 31.0 Å². The fourth-order valence-corrected chi connectivity index (χ4v) is 5.84. The first kappa shape index (κ1) is 27.4. The van der Waals surface area contributed by atoms with E-state index < -0.39 is 11.7 Å². The maximum Gasteiger partial charge on any atom is 0.419 e. The topological polar surface area (TPSA) is 88.9 Å². The van der Waals surface area contributed by atoms with Crippen LogP contribution in [0.4, 0.5) is 9.93 Å². The van der Waals surface area contributed by atoms with E-state index in [1.165, 1.54) is 11.3 Å². The van der Waals surface area contributed by atoms with Gasteiger partial charge in [0.1, 0.15) is 10.5 Å². The van der Waals surface area contributed by atoms with Crippen molar-refractivity contribution in [3.8, 4) is 0 Å². The normalized spacial score (nSPS) is 17.6. The molecule has 9 nitrogen and oxygen atoms in total. The van der Waals surface area contributed by atoms with Crippen molar-refractivity contribution < 1.29 is 19.1 Å². The van der Waals surface area contributed by atoms with Crippen molar-refractivity contribution in [1.29, 1.82) is 0 Å². The number of para-hydroxylation sites is 1. The monoisotopic (exact) mass is 551 g/mol. The zero-order valence-electron chi connectivity index (χ0n) is 23.1. The number of benzene rings is 1. The number of carbonyl (C=O) groups excluding carboxylic acids is 2. The maximum atomic E-state index is 13.5. The standard InChI is InChI=1S/C29H37N5O4S/c1-29(2,3)38-28(36)34-19-21(22-7-5-6-8-24(22)34)17-23(20-9-15-37-16-10-20)31-26(35)25-18-30-27(39-25)33-13-11-32(4)12-14-33/h5-9,18-19,23H,10-17H2,1-4H3,(H,31,35). The first-order valence-electron chi connectivity index (χ1n) is 13.5. The number of anilines is 1. The Kier molecular flexibility index (Phi) is 8.06. The zero-order valence-corrected chi connectivity index (χ0v) is 23.9. The molecule has 1 atom stereocenters. The van der Waals surface area contributed by atoms with Gasteiger partial charge in [0.2, 0.25) is 0 Å².